The van der Waals surface area contributed by atoms with Gasteiger partial charge in [0.25, 0.3) is 5.69 Å². The van der Waals surface area contributed by atoms with Crippen molar-refractivity contribution in [3.8, 4) is 5.69 Å². The van der Waals surface area contributed by atoms with Gasteiger partial charge in [-0.15, -0.1) is 5.10 Å². The first kappa shape index (κ1) is 13.9. The highest BCUT2D eigenvalue weighted by molar-refractivity contribution is 5.74. The van der Waals surface area contributed by atoms with Crippen LogP contribution in [0.5, 0.6) is 0 Å². The van der Waals surface area contributed by atoms with Crippen molar-refractivity contribution in [2.45, 2.75) is 26.2 Å². The smallest absolute Gasteiger partial charge is 0.271 e. The number of carbonyl (C=O) groups is 1. The van der Waals surface area contributed by atoms with Crippen molar-refractivity contribution >= 4 is 12.0 Å². The molecule has 0 amide bonds. The van der Waals surface area contributed by atoms with Crippen molar-refractivity contribution in [1.29, 1.82) is 0 Å². The first-order valence-electron chi connectivity index (χ1n) is 6.01. The largest absolute Gasteiger partial charge is 0.296 e. The number of nitro benzene ring substituents is 1. The highest BCUT2D eigenvalue weighted by Crippen LogP contribution is 2.27. The molecule has 0 saturated heterocycles. The van der Waals surface area contributed by atoms with Gasteiger partial charge in [-0.1, -0.05) is 32.1 Å². The van der Waals surface area contributed by atoms with Gasteiger partial charge >= 0.3 is 0 Å². The van der Waals surface area contributed by atoms with E-state index < -0.39 is 4.92 Å². The van der Waals surface area contributed by atoms with E-state index in [-0.39, 0.29) is 16.8 Å². The molecule has 7 nitrogen and oxygen atoms in total. The lowest BCUT2D eigenvalue weighted by Gasteiger charge is -2.20. The van der Waals surface area contributed by atoms with Gasteiger partial charge in [0.05, 0.1) is 16.3 Å². The average molecular weight is 274 g/mol. The Morgan fingerprint density at radius 2 is 2.05 bits per heavy atom. The topological polar surface area (TPSA) is 90.9 Å². The number of hydrogen-bond donors (Lipinski definition) is 0. The molecule has 0 radical (unpaired) electrons. The standard InChI is InChI=1S/C13H14N4O3/c1-13(2,3)12-11(8-18)14-15-16(12)9-5-4-6-10(7-9)17(19)20/h4-8H,1-3H3. The maximum absolute atomic E-state index is 11.1. The summed E-state index contributed by atoms with van der Waals surface area (Å²) in [7, 11) is 0. The van der Waals surface area contributed by atoms with Crippen LogP contribution in [0.25, 0.3) is 5.69 Å². The van der Waals surface area contributed by atoms with E-state index in [1.165, 1.54) is 16.8 Å². The Hall–Kier alpha value is -2.57. The summed E-state index contributed by atoms with van der Waals surface area (Å²) < 4.78 is 1.47. The van der Waals surface area contributed by atoms with Crippen LogP contribution in [0.3, 0.4) is 0 Å². The monoisotopic (exact) mass is 274 g/mol. The van der Waals surface area contributed by atoms with E-state index in [2.05, 4.69) is 10.3 Å². The third-order valence-electron chi connectivity index (χ3n) is 2.80. The lowest BCUT2D eigenvalue weighted by Crippen LogP contribution is -2.19. The number of benzene rings is 1. The molecule has 0 saturated carbocycles. The average Bonchev–Trinajstić information content (AvgIpc) is 2.82. The molecule has 0 aliphatic carbocycles. The lowest BCUT2D eigenvalue weighted by atomic mass is 9.90. The number of aromatic nitrogens is 3. The number of non-ortho nitro benzene ring substituents is 1. The first-order chi connectivity index (χ1) is 9.34. The van der Waals surface area contributed by atoms with E-state index in [1.54, 1.807) is 12.1 Å². The van der Waals surface area contributed by atoms with E-state index in [0.717, 1.165) is 0 Å². The Balaban J connectivity index is 2.64. The van der Waals surface area contributed by atoms with Gasteiger partial charge in [0, 0.05) is 17.5 Å². The quantitative estimate of drug-likeness (QED) is 0.486. The predicted octanol–water partition coefficient (Wildman–Crippen LogP) is 2.29. The predicted molar refractivity (Wildman–Crippen MR) is 72.1 cm³/mol. The fourth-order valence-electron chi connectivity index (χ4n) is 1.99. The molecule has 2 rings (SSSR count). The van der Waals surface area contributed by atoms with Crippen LogP contribution in [0.4, 0.5) is 5.69 Å². The van der Waals surface area contributed by atoms with Crippen molar-refractivity contribution < 1.29 is 9.72 Å². The second kappa shape index (κ2) is 4.84. The van der Waals surface area contributed by atoms with Gasteiger partial charge in [-0.2, -0.15) is 0 Å². The van der Waals surface area contributed by atoms with E-state index in [9.17, 15) is 14.9 Å². The molecule has 0 unspecified atom stereocenters. The Morgan fingerprint density at radius 3 is 2.60 bits per heavy atom. The highest BCUT2D eigenvalue weighted by Gasteiger charge is 2.26. The van der Waals surface area contributed by atoms with Crippen LogP contribution in [-0.4, -0.2) is 26.2 Å². The second-order valence-electron chi connectivity index (χ2n) is 5.38. The van der Waals surface area contributed by atoms with Gasteiger partial charge in [-0.25, -0.2) is 4.68 Å². The number of rotatable bonds is 3. The Kier molecular flexibility index (Phi) is 3.35. The summed E-state index contributed by atoms with van der Waals surface area (Å²) in [6.07, 6.45) is 0.640. The van der Waals surface area contributed by atoms with Crippen LogP contribution in [0.2, 0.25) is 0 Å². The number of aldehydes is 1. The van der Waals surface area contributed by atoms with Crippen molar-refractivity contribution in [3.05, 3.63) is 45.8 Å². The molecule has 2 aromatic rings. The van der Waals surface area contributed by atoms with Crippen molar-refractivity contribution in [1.82, 2.24) is 15.0 Å². The molecule has 0 fully saturated rings. The van der Waals surface area contributed by atoms with E-state index in [0.29, 0.717) is 17.7 Å². The van der Waals surface area contributed by atoms with E-state index in [1.807, 2.05) is 20.8 Å². The van der Waals surface area contributed by atoms with Crippen LogP contribution in [0.1, 0.15) is 37.0 Å². The molecule has 20 heavy (non-hydrogen) atoms. The summed E-state index contributed by atoms with van der Waals surface area (Å²) in [6.45, 7) is 5.77. The van der Waals surface area contributed by atoms with Gasteiger partial charge in [0.2, 0.25) is 0 Å². The molecular weight excluding hydrogens is 260 g/mol. The minimum absolute atomic E-state index is 0.0366. The van der Waals surface area contributed by atoms with Gasteiger partial charge in [0.1, 0.15) is 5.69 Å². The third kappa shape index (κ3) is 2.42. The highest BCUT2D eigenvalue weighted by atomic mass is 16.6. The SMILES string of the molecule is CC(C)(C)c1c(C=O)nnn1-c1cccc([N+](=O)[O-])c1. The zero-order valence-corrected chi connectivity index (χ0v) is 11.4. The molecule has 0 N–H and O–H groups in total. The van der Waals surface area contributed by atoms with Gasteiger partial charge in [-0.05, 0) is 6.07 Å². The van der Waals surface area contributed by atoms with Crippen LogP contribution in [-0.2, 0) is 5.41 Å². The molecule has 1 heterocycles. The van der Waals surface area contributed by atoms with Crippen LogP contribution < -0.4 is 0 Å². The van der Waals surface area contributed by atoms with E-state index >= 15 is 0 Å². The van der Waals surface area contributed by atoms with Crippen LogP contribution >= 0.6 is 0 Å². The Bertz CT molecular complexity index is 670. The summed E-state index contributed by atoms with van der Waals surface area (Å²) in [4.78, 5) is 21.4. The minimum atomic E-state index is -0.474. The molecular formula is C13H14N4O3. The number of carbonyl (C=O) groups excluding carboxylic acids is 1. The zero-order chi connectivity index (χ0) is 14.9. The maximum Gasteiger partial charge on any atom is 0.271 e. The van der Waals surface area contributed by atoms with Gasteiger partial charge < -0.3 is 0 Å². The summed E-state index contributed by atoms with van der Waals surface area (Å²) in [5, 5.41) is 18.6. The molecule has 0 aliphatic rings. The number of hydrogen-bond acceptors (Lipinski definition) is 5. The fourth-order valence-corrected chi connectivity index (χ4v) is 1.99. The zero-order valence-electron chi connectivity index (χ0n) is 11.4. The first-order valence-corrected chi connectivity index (χ1v) is 6.01. The summed E-state index contributed by atoms with van der Waals surface area (Å²) in [6, 6.07) is 6.06. The summed E-state index contributed by atoms with van der Waals surface area (Å²) in [5.74, 6) is 0. The molecule has 0 bridgehead atoms. The second-order valence-corrected chi connectivity index (χ2v) is 5.38. The Morgan fingerprint density at radius 1 is 1.35 bits per heavy atom. The fraction of sp³-hybridized carbons (Fsp3) is 0.308. The molecule has 0 atom stereocenters. The molecule has 0 aliphatic heterocycles. The van der Waals surface area contributed by atoms with Gasteiger partial charge in [0.15, 0.2) is 6.29 Å². The lowest BCUT2D eigenvalue weighted by molar-refractivity contribution is -0.384. The minimum Gasteiger partial charge on any atom is -0.296 e. The van der Waals surface area contributed by atoms with E-state index in [4.69, 9.17) is 0 Å². The summed E-state index contributed by atoms with van der Waals surface area (Å²) >= 11 is 0. The molecule has 1 aromatic heterocycles. The van der Waals surface area contributed by atoms with Crippen molar-refractivity contribution in [2.24, 2.45) is 0 Å². The maximum atomic E-state index is 11.1. The number of nitro groups is 1. The normalized spacial score (nSPS) is 11.3. The molecule has 104 valence electrons. The van der Waals surface area contributed by atoms with Crippen LogP contribution in [0.15, 0.2) is 24.3 Å². The van der Waals surface area contributed by atoms with Crippen LogP contribution in [0, 0.1) is 10.1 Å². The Labute approximate surface area is 115 Å². The summed E-state index contributed by atoms with van der Waals surface area (Å²) in [5.41, 5.74) is 0.955. The van der Waals surface area contributed by atoms with Crippen molar-refractivity contribution in [2.75, 3.05) is 0 Å². The van der Waals surface area contributed by atoms with Gasteiger partial charge in [-0.3, -0.25) is 14.9 Å². The van der Waals surface area contributed by atoms with Crippen molar-refractivity contribution in [3.63, 3.8) is 0 Å². The number of nitrogens with zero attached hydrogens (tertiary/aromatic N) is 4. The molecule has 7 heteroatoms. The molecule has 0 spiro atoms. The third-order valence-corrected chi connectivity index (χ3v) is 2.80. The molecule has 1 aromatic carbocycles.